The molecular formula is C13H10FN3O3. The van der Waals surface area contributed by atoms with Crippen molar-refractivity contribution < 1.29 is 14.1 Å². The second-order valence-electron chi connectivity index (χ2n) is 3.85. The Morgan fingerprint density at radius 2 is 1.85 bits per heavy atom. The molecule has 0 aliphatic carbocycles. The van der Waals surface area contributed by atoms with Gasteiger partial charge in [-0.15, -0.1) is 0 Å². The van der Waals surface area contributed by atoms with Crippen molar-refractivity contribution in [1.29, 1.82) is 5.41 Å². The molecule has 7 heteroatoms. The Morgan fingerprint density at radius 1 is 1.20 bits per heavy atom. The zero-order chi connectivity index (χ0) is 14.7. The third-order valence-corrected chi connectivity index (χ3v) is 2.53. The van der Waals surface area contributed by atoms with Crippen LogP contribution < -0.4 is 10.5 Å². The molecule has 20 heavy (non-hydrogen) atoms. The number of rotatable bonds is 4. The van der Waals surface area contributed by atoms with E-state index in [0.717, 1.165) is 6.07 Å². The van der Waals surface area contributed by atoms with Crippen molar-refractivity contribution in [3.05, 3.63) is 64.0 Å². The third kappa shape index (κ3) is 2.56. The smallest absolute Gasteiger partial charge is 0.311 e. The molecule has 0 radical (unpaired) electrons. The monoisotopic (exact) mass is 275 g/mol. The van der Waals surface area contributed by atoms with Crippen molar-refractivity contribution in [2.45, 2.75) is 0 Å². The number of nitro benzene ring substituents is 1. The number of nitro groups is 1. The summed E-state index contributed by atoms with van der Waals surface area (Å²) < 4.78 is 19.0. The molecule has 0 aliphatic rings. The van der Waals surface area contributed by atoms with Gasteiger partial charge in [-0.1, -0.05) is 18.2 Å². The number of amidine groups is 1. The molecular weight excluding hydrogens is 265 g/mol. The molecule has 0 spiro atoms. The number of hydrogen-bond donors (Lipinski definition) is 2. The fourth-order valence-electron chi connectivity index (χ4n) is 1.66. The summed E-state index contributed by atoms with van der Waals surface area (Å²) in [4.78, 5) is 10.3. The predicted molar refractivity (Wildman–Crippen MR) is 70.6 cm³/mol. The van der Waals surface area contributed by atoms with E-state index < -0.39 is 16.6 Å². The number of para-hydroxylation sites is 2. The zero-order valence-corrected chi connectivity index (χ0v) is 10.2. The van der Waals surface area contributed by atoms with Gasteiger partial charge in [0.2, 0.25) is 5.75 Å². The molecule has 0 aliphatic heterocycles. The maximum atomic E-state index is 13.6. The first-order valence-corrected chi connectivity index (χ1v) is 5.55. The van der Waals surface area contributed by atoms with Crippen molar-refractivity contribution in [2.24, 2.45) is 5.73 Å². The summed E-state index contributed by atoms with van der Waals surface area (Å²) in [5, 5.41) is 18.2. The van der Waals surface area contributed by atoms with Crippen molar-refractivity contribution >= 4 is 11.5 Å². The molecule has 0 atom stereocenters. The minimum atomic E-state index is -0.728. The number of nitrogens with zero attached hydrogens (tertiary/aromatic N) is 1. The number of halogens is 1. The molecule has 6 nitrogen and oxygen atoms in total. The van der Waals surface area contributed by atoms with Crippen LogP contribution in [0.1, 0.15) is 5.56 Å². The fourth-order valence-corrected chi connectivity index (χ4v) is 1.66. The second-order valence-corrected chi connectivity index (χ2v) is 3.85. The van der Waals surface area contributed by atoms with Gasteiger partial charge in [-0.3, -0.25) is 15.5 Å². The lowest BCUT2D eigenvalue weighted by Crippen LogP contribution is -2.14. The van der Waals surface area contributed by atoms with Crippen LogP contribution in [0.5, 0.6) is 11.5 Å². The number of hydrogen-bond acceptors (Lipinski definition) is 4. The molecule has 0 bridgehead atoms. The van der Waals surface area contributed by atoms with Crippen molar-refractivity contribution in [3.63, 3.8) is 0 Å². The van der Waals surface area contributed by atoms with Crippen LogP contribution in [0.3, 0.4) is 0 Å². The number of nitrogens with two attached hydrogens (primary N) is 1. The summed E-state index contributed by atoms with van der Waals surface area (Å²) in [5.41, 5.74) is 4.81. The highest BCUT2D eigenvalue weighted by atomic mass is 19.1. The number of nitrogen functional groups attached to an aromatic ring is 1. The quantitative estimate of drug-likeness (QED) is 0.387. The normalized spacial score (nSPS) is 10.1. The molecule has 0 unspecified atom stereocenters. The maximum Gasteiger partial charge on any atom is 0.311 e. The van der Waals surface area contributed by atoms with E-state index in [0.29, 0.717) is 0 Å². The molecule has 2 aromatic carbocycles. The lowest BCUT2D eigenvalue weighted by Gasteiger charge is -2.10. The standard InChI is InChI=1S/C13H10FN3O3/c14-8-4-3-7-11(12(8)13(15)16)20-10-6-2-1-5-9(10)17(18)19/h1-7H,(H3,15,16). The predicted octanol–water partition coefficient (Wildman–Crippen LogP) is 2.81. The average Bonchev–Trinajstić information content (AvgIpc) is 2.38. The Bertz CT molecular complexity index is 688. The summed E-state index contributed by atoms with van der Waals surface area (Å²) >= 11 is 0. The Labute approximate surface area is 113 Å². The van der Waals surface area contributed by atoms with Crippen molar-refractivity contribution in [3.8, 4) is 11.5 Å². The summed E-state index contributed by atoms with van der Waals surface area (Å²) in [5.74, 6) is -1.34. The van der Waals surface area contributed by atoms with E-state index in [1.165, 1.54) is 30.3 Å². The Balaban J connectivity index is 2.49. The van der Waals surface area contributed by atoms with Gasteiger partial charge >= 0.3 is 5.69 Å². The molecule has 102 valence electrons. The summed E-state index contributed by atoms with van der Waals surface area (Å²) in [7, 11) is 0. The maximum absolute atomic E-state index is 13.6. The van der Waals surface area contributed by atoms with Gasteiger partial charge in [0.1, 0.15) is 17.4 Å². The number of ether oxygens (including phenoxy) is 1. The first-order chi connectivity index (χ1) is 9.50. The molecule has 0 heterocycles. The van der Waals surface area contributed by atoms with Gasteiger partial charge in [0, 0.05) is 6.07 Å². The summed E-state index contributed by atoms with van der Waals surface area (Å²) in [6.45, 7) is 0. The zero-order valence-electron chi connectivity index (χ0n) is 10.2. The topological polar surface area (TPSA) is 102 Å². The molecule has 3 N–H and O–H groups in total. The van der Waals surface area contributed by atoms with Crippen LogP contribution >= 0.6 is 0 Å². The van der Waals surface area contributed by atoms with Crippen LogP contribution in [0, 0.1) is 21.3 Å². The van der Waals surface area contributed by atoms with E-state index in [4.69, 9.17) is 15.9 Å². The second kappa shape index (κ2) is 5.35. The molecule has 2 aromatic rings. The fraction of sp³-hybridized carbons (Fsp3) is 0. The SMILES string of the molecule is N=C(N)c1c(F)cccc1Oc1ccccc1[N+](=O)[O-]. The van der Waals surface area contributed by atoms with E-state index in [1.807, 2.05) is 0 Å². The molecule has 0 amide bonds. The van der Waals surface area contributed by atoms with E-state index in [-0.39, 0.29) is 22.7 Å². The third-order valence-electron chi connectivity index (χ3n) is 2.53. The Morgan fingerprint density at radius 3 is 2.50 bits per heavy atom. The minimum absolute atomic E-state index is 0.0493. The van der Waals surface area contributed by atoms with E-state index >= 15 is 0 Å². The molecule has 0 saturated carbocycles. The Kier molecular flexibility index (Phi) is 3.60. The van der Waals surface area contributed by atoms with Gasteiger partial charge in [0.15, 0.2) is 0 Å². The molecule has 0 fully saturated rings. The van der Waals surface area contributed by atoms with E-state index in [1.54, 1.807) is 6.07 Å². The number of nitrogens with one attached hydrogen (secondary N) is 1. The van der Waals surface area contributed by atoms with Crippen molar-refractivity contribution in [2.75, 3.05) is 0 Å². The van der Waals surface area contributed by atoms with E-state index in [9.17, 15) is 14.5 Å². The van der Waals surface area contributed by atoms with Gasteiger partial charge in [0.25, 0.3) is 0 Å². The largest absolute Gasteiger partial charge is 0.449 e. The van der Waals surface area contributed by atoms with Crippen LogP contribution in [-0.2, 0) is 0 Å². The highest BCUT2D eigenvalue weighted by Crippen LogP contribution is 2.33. The van der Waals surface area contributed by atoms with Crippen molar-refractivity contribution in [1.82, 2.24) is 0 Å². The van der Waals surface area contributed by atoms with Gasteiger partial charge in [-0.2, -0.15) is 0 Å². The molecule has 0 aromatic heterocycles. The van der Waals surface area contributed by atoms with Gasteiger partial charge in [0.05, 0.1) is 10.5 Å². The van der Waals surface area contributed by atoms with Gasteiger partial charge in [-0.05, 0) is 18.2 Å². The molecule has 0 saturated heterocycles. The van der Waals surface area contributed by atoms with Crippen LogP contribution in [0.15, 0.2) is 42.5 Å². The minimum Gasteiger partial charge on any atom is -0.449 e. The van der Waals surface area contributed by atoms with Gasteiger partial charge < -0.3 is 10.5 Å². The van der Waals surface area contributed by atoms with Crippen LogP contribution in [0.25, 0.3) is 0 Å². The highest BCUT2D eigenvalue weighted by Gasteiger charge is 2.18. The van der Waals surface area contributed by atoms with Gasteiger partial charge in [-0.25, -0.2) is 4.39 Å². The first kappa shape index (κ1) is 13.5. The lowest BCUT2D eigenvalue weighted by molar-refractivity contribution is -0.385. The average molecular weight is 275 g/mol. The summed E-state index contributed by atoms with van der Waals surface area (Å²) in [6.07, 6.45) is 0. The summed E-state index contributed by atoms with van der Waals surface area (Å²) in [6, 6.07) is 9.57. The van der Waals surface area contributed by atoms with E-state index in [2.05, 4.69) is 0 Å². The lowest BCUT2D eigenvalue weighted by atomic mass is 10.1. The number of benzene rings is 2. The Hall–Kier alpha value is -2.96. The van der Waals surface area contributed by atoms with Crippen LogP contribution in [0.2, 0.25) is 0 Å². The molecule has 2 rings (SSSR count). The van der Waals surface area contributed by atoms with Crippen LogP contribution in [-0.4, -0.2) is 10.8 Å². The van der Waals surface area contributed by atoms with Crippen LogP contribution in [0.4, 0.5) is 10.1 Å². The first-order valence-electron chi connectivity index (χ1n) is 5.55. The highest BCUT2D eigenvalue weighted by molar-refractivity contribution is 5.98.